The third-order valence-corrected chi connectivity index (χ3v) is 6.06. The Hall–Kier alpha value is -4.73. The summed E-state index contributed by atoms with van der Waals surface area (Å²) in [5.74, 6) is -2.37. The van der Waals surface area contributed by atoms with Crippen LogP contribution in [0.3, 0.4) is 0 Å². The fourth-order valence-corrected chi connectivity index (χ4v) is 4.37. The number of rotatable bonds is 8. The zero-order chi connectivity index (χ0) is 25.8. The minimum absolute atomic E-state index is 0.0170. The molecule has 2 N–H and O–H groups in total. The molecule has 0 saturated carbocycles. The Kier molecular flexibility index (Phi) is 6.95. The first kappa shape index (κ1) is 24.4. The van der Waals surface area contributed by atoms with E-state index >= 15 is 0 Å². The summed E-state index contributed by atoms with van der Waals surface area (Å²) in [7, 11) is 1.15. The molecule has 1 aliphatic rings. The van der Waals surface area contributed by atoms with Crippen molar-refractivity contribution in [2.45, 2.75) is 18.4 Å². The Morgan fingerprint density at radius 1 is 1.03 bits per heavy atom. The third kappa shape index (κ3) is 4.88. The molecule has 10 nitrogen and oxygen atoms in total. The lowest BCUT2D eigenvalue weighted by Crippen LogP contribution is -2.43. The molecule has 1 atom stereocenters. The molecule has 10 heteroatoms. The highest BCUT2D eigenvalue weighted by atomic mass is 16.6. The van der Waals surface area contributed by atoms with Gasteiger partial charge in [-0.2, -0.15) is 0 Å². The number of esters is 1. The molecule has 184 valence electrons. The molecule has 4 rings (SSSR count). The summed E-state index contributed by atoms with van der Waals surface area (Å²) in [5, 5.41) is 23.3. The number of hydrogen-bond acceptors (Lipinski definition) is 7. The monoisotopic (exact) mass is 490 g/mol. The first-order valence-corrected chi connectivity index (χ1v) is 11.0. The maximum Gasteiger partial charge on any atom is 0.407 e. The second-order valence-corrected chi connectivity index (χ2v) is 8.16. The van der Waals surface area contributed by atoms with Crippen molar-refractivity contribution in [1.82, 2.24) is 5.32 Å². The van der Waals surface area contributed by atoms with Gasteiger partial charge in [-0.1, -0.05) is 48.5 Å². The minimum atomic E-state index is -1.53. The summed E-state index contributed by atoms with van der Waals surface area (Å²) in [5.41, 5.74) is 3.67. The number of nitrogens with zero attached hydrogens (tertiary/aromatic N) is 1. The van der Waals surface area contributed by atoms with E-state index in [9.17, 15) is 29.6 Å². The van der Waals surface area contributed by atoms with Gasteiger partial charge in [-0.25, -0.2) is 14.4 Å². The number of carboxylic acids is 1. The first-order valence-electron chi connectivity index (χ1n) is 11.0. The van der Waals surface area contributed by atoms with Crippen LogP contribution in [-0.4, -0.2) is 47.8 Å². The van der Waals surface area contributed by atoms with Crippen molar-refractivity contribution >= 4 is 23.7 Å². The van der Waals surface area contributed by atoms with Crippen LogP contribution in [0.25, 0.3) is 11.1 Å². The van der Waals surface area contributed by atoms with Gasteiger partial charge in [-0.15, -0.1) is 0 Å². The molecule has 1 aliphatic carbocycles. The molecule has 0 saturated heterocycles. The largest absolute Gasteiger partial charge is 0.480 e. The predicted octanol–water partition coefficient (Wildman–Crippen LogP) is 3.92. The molecule has 0 radical (unpaired) electrons. The fourth-order valence-electron chi connectivity index (χ4n) is 4.37. The number of carboxylic acid groups (broad SMARTS) is 1. The van der Waals surface area contributed by atoms with Crippen LogP contribution in [0.2, 0.25) is 0 Å². The average molecular weight is 490 g/mol. The average Bonchev–Trinajstić information content (AvgIpc) is 3.20. The van der Waals surface area contributed by atoms with Gasteiger partial charge in [-0.3, -0.25) is 10.1 Å². The molecular formula is C26H22N2O8. The van der Waals surface area contributed by atoms with E-state index < -0.39 is 35.4 Å². The van der Waals surface area contributed by atoms with E-state index in [2.05, 4.69) is 10.1 Å². The summed E-state index contributed by atoms with van der Waals surface area (Å²) < 4.78 is 10.0. The van der Waals surface area contributed by atoms with E-state index in [0.29, 0.717) is 0 Å². The summed E-state index contributed by atoms with van der Waals surface area (Å²) in [4.78, 5) is 47.0. The third-order valence-electron chi connectivity index (χ3n) is 6.06. The van der Waals surface area contributed by atoms with Crippen molar-refractivity contribution in [1.29, 1.82) is 0 Å². The van der Waals surface area contributed by atoms with Crippen LogP contribution in [0.4, 0.5) is 10.5 Å². The summed E-state index contributed by atoms with van der Waals surface area (Å²) in [6.07, 6.45) is -1.42. The summed E-state index contributed by atoms with van der Waals surface area (Å²) in [6.45, 7) is -0.0236. The molecule has 36 heavy (non-hydrogen) atoms. The number of carbonyl (C=O) groups excluding carboxylic acids is 2. The smallest absolute Gasteiger partial charge is 0.407 e. The second-order valence-electron chi connectivity index (χ2n) is 8.16. The highest BCUT2D eigenvalue weighted by Crippen LogP contribution is 2.44. The number of amides is 1. The van der Waals surface area contributed by atoms with Crippen LogP contribution in [0.5, 0.6) is 0 Å². The van der Waals surface area contributed by atoms with Gasteiger partial charge in [0.1, 0.15) is 12.6 Å². The fraction of sp³-hybridized carbons (Fsp3) is 0.192. The van der Waals surface area contributed by atoms with Gasteiger partial charge in [0.15, 0.2) is 0 Å². The summed E-state index contributed by atoms with van der Waals surface area (Å²) in [6, 6.07) is 17.5. The Morgan fingerprint density at radius 3 is 2.19 bits per heavy atom. The number of nitro groups is 1. The van der Waals surface area contributed by atoms with Crippen molar-refractivity contribution in [3.05, 3.63) is 99.1 Å². The molecule has 0 bridgehead atoms. The number of nitrogens with one attached hydrogen (secondary N) is 1. The van der Waals surface area contributed by atoms with Gasteiger partial charge < -0.3 is 19.9 Å². The van der Waals surface area contributed by atoms with Crippen LogP contribution in [0.15, 0.2) is 66.7 Å². The van der Waals surface area contributed by atoms with Gasteiger partial charge in [0, 0.05) is 24.0 Å². The van der Waals surface area contributed by atoms with Gasteiger partial charge in [0.05, 0.1) is 17.6 Å². The number of benzene rings is 3. The molecule has 0 fully saturated rings. The molecule has 1 unspecified atom stereocenters. The number of aliphatic carboxylic acids is 1. The number of alkyl carbamates (subject to hydrolysis) is 1. The van der Waals surface area contributed by atoms with Crippen molar-refractivity contribution in [3.8, 4) is 11.1 Å². The molecular weight excluding hydrogens is 468 g/mol. The van der Waals surface area contributed by atoms with Crippen molar-refractivity contribution in [3.63, 3.8) is 0 Å². The topological polar surface area (TPSA) is 145 Å². The minimum Gasteiger partial charge on any atom is -0.480 e. The lowest BCUT2D eigenvalue weighted by molar-refractivity contribution is -0.385. The van der Waals surface area contributed by atoms with Crippen molar-refractivity contribution in [2.75, 3.05) is 13.7 Å². The molecule has 3 aromatic rings. The van der Waals surface area contributed by atoms with E-state index in [4.69, 9.17) is 4.74 Å². The molecule has 3 aromatic carbocycles. The molecule has 1 amide bonds. The van der Waals surface area contributed by atoms with E-state index in [1.165, 1.54) is 12.1 Å². The highest BCUT2D eigenvalue weighted by Gasteiger charge is 2.30. The van der Waals surface area contributed by atoms with Gasteiger partial charge in [0.25, 0.3) is 5.69 Å². The quantitative estimate of drug-likeness (QED) is 0.275. The van der Waals surface area contributed by atoms with E-state index in [1.807, 2.05) is 48.5 Å². The Labute approximate surface area is 205 Å². The van der Waals surface area contributed by atoms with Gasteiger partial charge in [-0.05, 0) is 34.4 Å². The zero-order valence-electron chi connectivity index (χ0n) is 19.2. The van der Waals surface area contributed by atoms with E-state index in [1.54, 1.807) is 0 Å². The highest BCUT2D eigenvalue weighted by molar-refractivity contribution is 5.90. The number of fused-ring (bicyclic) bond motifs is 3. The van der Waals surface area contributed by atoms with Gasteiger partial charge in [0.2, 0.25) is 0 Å². The predicted molar refractivity (Wildman–Crippen MR) is 128 cm³/mol. The van der Waals surface area contributed by atoms with Crippen LogP contribution in [-0.2, 0) is 20.7 Å². The number of ether oxygens (including phenoxy) is 2. The van der Waals surface area contributed by atoms with E-state index in [0.717, 1.165) is 35.4 Å². The van der Waals surface area contributed by atoms with E-state index in [-0.39, 0.29) is 29.3 Å². The number of carbonyl (C=O) groups is 3. The zero-order valence-corrected chi connectivity index (χ0v) is 19.2. The van der Waals surface area contributed by atoms with Gasteiger partial charge >= 0.3 is 18.0 Å². The molecule has 0 heterocycles. The Balaban J connectivity index is 1.49. The maximum atomic E-state index is 12.6. The van der Waals surface area contributed by atoms with Crippen LogP contribution < -0.4 is 5.32 Å². The normalized spacial score (nSPS) is 12.7. The molecule has 0 aromatic heterocycles. The first-order chi connectivity index (χ1) is 17.3. The standard InChI is InChI=1S/C26H22N2O8/c1-35-25(31)15-10-11-23(28(33)34)16(12-15)13-22(24(29)30)27-26(32)36-14-21-19-8-4-2-6-17(19)18-7-3-5-9-20(18)21/h2-12,21-22H,13-14H2,1H3,(H,27,32)(H,29,30). The van der Waals surface area contributed by atoms with Crippen molar-refractivity contribution in [2.24, 2.45) is 0 Å². The lowest BCUT2D eigenvalue weighted by Gasteiger charge is -2.18. The van der Waals surface area contributed by atoms with Crippen molar-refractivity contribution < 1.29 is 33.9 Å². The van der Waals surface area contributed by atoms with Crippen LogP contribution in [0.1, 0.15) is 33.0 Å². The van der Waals surface area contributed by atoms with Crippen LogP contribution >= 0.6 is 0 Å². The molecule has 0 aliphatic heterocycles. The number of hydrogen-bond donors (Lipinski definition) is 2. The molecule has 0 spiro atoms. The SMILES string of the molecule is COC(=O)c1ccc([N+](=O)[O-])c(CC(NC(=O)OCC2c3ccccc3-c3ccccc32)C(=O)O)c1. The Bertz CT molecular complexity index is 1310. The van der Waals surface area contributed by atoms with Crippen LogP contribution in [0, 0.1) is 10.1 Å². The second kappa shape index (κ2) is 10.3. The number of methoxy groups -OCH3 is 1. The summed E-state index contributed by atoms with van der Waals surface area (Å²) >= 11 is 0. The number of nitro benzene ring substituents is 1. The Morgan fingerprint density at radius 2 is 1.64 bits per heavy atom. The maximum absolute atomic E-state index is 12.6. The lowest BCUT2D eigenvalue weighted by atomic mass is 9.98.